The van der Waals surface area contributed by atoms with Crippen LogP contribution in [-0.2, 0) is 26.1 Å². The topological polar surface area (TPSA) is 64.9 Å². The van der Waals surface area contributed by atoms with Gasteiger partial charge < -0.3 is 10.1 Å². The number of fused-ring (bicyclic) bond motifs is 1. The molecule has 0 bridgehead atoms. The van der Waals surface area contributed by atoms with Gasteiger partial charge in [0.2, 0.25) is 0 Å². The Morgan fingerprint density at radius 1 is 1.20 bits per heavy atom. The molecule has 1 aliphatic heterocycles. The van der Waals surface area contributed by atoms with Gasteiger partial charge in [-0.2, -0.15) is 5.10 Å². The van der Waals surface area contributed by atoms with E-state index in [9.17, 15) is 0 Å². The zero-order valence-corrected chi connectivity index (χ0v) is 14.0. The third kappa shape index (κ3) is 3.85. The maximum atomic E-state index is 6.00. The zero-order chi connectivity index (χ0) is 16.9. The maximum absolute atomic E-state index is 6.00. The van der Waals surface area contributed by atoms with Crippen molar-refractivity contribution in [3.63, 3.8) is 0 Å². The molecule has 4 rings (SSSR count). The first kappa shape index (κ1) is 15.8. The molecule has 1 unspecified atom stereocenters. The molecule has 1 atom stereocenters. The molecule has 3 aromatic rings. The van der Waals surface area contributed by atoms with Gasteiger partial charge >= 0.3 is 0 Å². The van der Waals surface area contributed by atoms with Crippen LogP contribution in [0.25, 0.3) is 0 Å². The van der Waals surface area contributed by atoms with E-state index >= 15 is 0 Å². The van der Waals surface area contributed by atoms with E-state index < -0.39 is 0 Å². The average molecular weight is 335 g/mol. The Balaban J connectivity index is 1.36. The summed E-state index contributed by atoms with van der Waals surface area (Å²) in [5, 5.41) is 7.90. The lowest BCUT2D eigenvalue weighted by Gasteiger charge is -2.24. The Morgan fingerprint density at radius 3 is 3.08 bits per heavy atom. The fourth-order valence-electron chi connectivity index (χ4n) is 3.09. The summed E-state index contributed by atoms with van der Waals surface area (Å²) in [5.41, 5.74) is 2.23. The van der Waals surface area contributed by atoms with Gasteiger partial charge in [-0.05, 0) is 18.6 Å². The number of para-hydroxylation sites is 1. The molecule has 6 heteroatoms. The molecule has 6 nitrogen and oxygen atoms in total. The highest BCUT2D eigenvalue weighted by Gasteiger charge is 2.19. The van der Waals surface area contributed by atoms with Crippen LogP contribution in [0.15, 0.2) is 55.1 Å². The number of nitrogens with zero attached hydrogens (tertiary/aromatic N) is 4. The molecular weight excluding hydrogens is 314 g/mol. The predicted octanol–water partition coefficient (Wildman–Crippen LogP) is 2.36. The lowest BCUT2D eigenvalue weighted by atomic mass is 10.1. The largest absolute Gasteiger partial charge is 0.489 e. The van der Waals surface area contributed by atoms with Crippen LogP contribution in [0.4, 0.5) is 0 Å². The Bertz CT molecular complexity index is 817. The summed E-state index contributed by atoms with van der Waals surface area (Å²) in [6, 6.07) is 12.5. The van der Waals surface area contributed by atoms with Crippen molar-refractivity contribution in [2.75, 3.05) is 0 Å². The molecule has 1 N–H and O–H groups in total. The Kier molecular flexibility index (Phi) is 4.70. The van der Waals surface area contributed by atoms with E-state index in [1.807, 2.05) is 41.2 Å². The minimum absolute atomic E-state index is 0.403. The highest BCUT2D eigenvalue weighted by atomic mass is 16.5. The number of aryl methyl sites for hydroxylation is 1. The summed E-state index contributed by atoms with van der Waals surface area (Å²) in [6.07, 6.45) is 7.29. The minimum Gasteiger partial charge on any atom is -0.489 e. The smallest absolute Gasteiger partial charge is 0.138 e. The molecule has 0 amide bonds. The van der Waals surface area contributed by atoms with Gasteiger partial charge in [-0.15, -0.1) is 0 Å². The molecule has 0 saturated carbocycles. The highest BCUT2D eigenvalue weighted by molar-refractivity contribution is 5.33. The summed E-state index contributed by atoms with van der Waals surface area (Å²) in [6.45, 7) is 2.17. The van der Waals surface area contributed by atoms with Crippen molar-refractivity contribution < 1.29 is 4.74 Å². The number of rotatable bonds is 6. The monoisotopic (exact) mass is 335 g/mol. The van der Waals surface area contributed by atoms with E-state index in [1.54, 1.807) is 12.5 Å². The van der Waals surface area contributed by atoms with Crippen molar-refractivity contribution in [2.45, 2.75) is 38.6 Å². The molecule has 1 aliphatic rings. The Labute approximate surface area is 146 Å². The predicted molar refractivity (Wildman–Crippen MR) is 94.0 cm³/mol. The third-order valence-electron chi connectivity index (χ3n) is 4.48. The summed E-state index contributed by atoms with van der Waals surface area (Å²) < 4.78 is 7.99. The number of pyridine rings is 1. The van der Waals surface area contributed by atoms with E-state index in [4.69, 9.17) is 4.74 Å². The lowest BCUT2D eigenvalue weighted by molar-refractivity contribution is 0.299. The van der Waals surface area contributed by atoms with Gasteiger partial charge in [0.15, 0.2) is 0 Å². The van der Waals surface area contributed by atoms with Gasteiger partial charge in [-0.25, -0.2) is 9.67 Å². The number of hydrogen-bond acceptors (Lipinski definition) is 5. The summed E-state index contributed by atoms with van der Waals surface area (Å²) >= 11 is 0. The summed E-state index contributed by atoms with van der Waals surface area (Å²) in [4.78, 5) is 8.40. The van der Waals surface area contributed by atoms with Crippen LogP contribution in [0.1, 0.15) is 23.4 Å². The summed E-state index contributed by atoms with van der Waals surface area (Å²) in [7, 11) is 0. The van der Waals surface area contributed by atoms with Gasteiger partial charge in [0.05, 0.1) is 6.54 Å². The van der Waals surface area contributed by atoms with E-state index in [-0.39, 0.29) is 0 Å². The van der Waals surface area contributed by atoms with Crippen molar-refractivity contribution in [2.24, 2.45) is 0 Å². The van der Waals surface area contributed by atoms with Gasteiger partial charge in [-0.1, -0.05) is 24.3 Å². The van der Waals surface area contributed by atoms with Crippen LogP contribution in [0.3, 0.4) is 0 Å². The molecule has 0 spiro atoms. The number of nitrogens with one attached hydrogen (secondary N) is 1. The fourth-order valence-corrected chi connectivity index (χ4v) is 3.09. The lowest BCUT2D eigenvalue weighted by Crippen LogP contribution is -2.37. The van der Waals surface area contributed by atoms with Crippen LogP contribution >= 0.6 is 0 Å². The van der Waals surface area contributed by atoms with Crippen LogP contribution in [0, 0.1) is 0 Å². The van der Waals surface area contributed by atoms with E-state index in [2.05, 4.69) is 26.4 Å². The number of benzene rings is 1. The van der Waals surface area contributed by atoms with Crippen LogP contribution in [0.5, 0.6) is 5.75 Å². The number of ether oxygens (including phenoxy) is 1. The molecule has 1 aromatic carbocycles. The minimum atomic E-state index is 0.403. The standard InChI is InChI=1S/C19H21N5O/c1-2-6-18(25-13-15-4-3-9-20-10-15)16(5-1)11-21-17-7-8-19-22-14-23-24(19)12-17/h1-6,9-10,14,17,21H,7-8,11-13H2. The Hall–Kier alpha value is -2.73. The molecule has 2 aromatic heterocycles. The third-order valence-corrected chi connectivity index (χ3v) is 4.48. The quantitative estimate of drug-likeness (QED) is 0.749. The molecule has 0 fully saturated rings. The van der Waals surface area contributed by atoms with Gasteiger partial charge in [0, 0.05) is 42.5 Å². The molecule has 128 valence electrons. The SMILES string of the molecule is c1cncc(COc2ccccc2CNC2CCc3ncnn3C2)c1. The molecule has 0 aliphatic carbocycles. The first-order valence-electron chi connectivity index (χ1n) is 8.58. The Morgan fingerprint density at radius 2 is 2.16 bits per heavy atom. The van der Waals surface area contributed by atoms with Crippen molar-refractivity contribution in [3.8, 4) is 5.75 Å². The van der Waals surface area contributed by atoms with E-state index in [0.29, 0.717) is 12.6 Å². The van der Waals surface area contributed by atoms with Crippen LogP contribution in [-0.4, -0.2) is 25.8 Å². The second kappa shape index (κ2) is 7.44. The molecule has 0 saturated heterocycles. The zero-order valence-electron chi connectivity index (χ0n) is 14.0. The molecule has 0 radical (unpaired) electrons. The van der Waals surface area contributed by atoms with E-state index in [1.165, 1.54) is 0 Å². The van der Waals surface area contributed by atoms with Gasteiger partial charge in [0.25, 0.3) is 0 Å². The van der Waals surface area contributed by atoms with Crippen LogP contribution in [0.2, 0.25) is 0 Å². The van der Waals surface area contributed by atoms with Gasteiger partial charge in [0.1, 0.15) is 24.5 Å². The molecular formula is C19H21N5O. The second-order valence-corrected chi connectivity index (χ2v) is 6.23. The summed E-state index contributed by atoms with van der Waals surface area (Å²) in [5.74, 6) is 1.99. The second-order valence-electron chi connectivity index (χ2n) is 6.23. The number of aromatic nitrogens is 4. The number of hydrogen-bond donors (Lipinski definition) is 1. The molecule has 25 heavy (non-hydrogen) atoms. The van der Waals surface area contributed by atoms with Crippen molar-refractivity contribution >= 4 is 0 Å². The van der Waals surface area contributed by atoms with Crippen molar-refractivity contribution in [3.05, 3.63) is 72.1 Å². The van der Waals surface area contributed by atoms with Crippen molar-refractivity contribution in [1.29, 1.82) is 0 Å². The first-order valence-corrected chi connectivity index (χ1v) is 8.58. The highest BCUT2D eigenvalue weighted by Crippen LogP contribution is 2.20. The maximum Gasteiger partial charge on any atom is 0.138 e. The van der Waals surface area contributed by atoms with E-state index in [0.717, 1.165) is 48.6 Å². The molecule has 3 heterocycles. The van der Waals surface area contributed by atoms with Crippen LogP contribution < -0.4 is 10.1 Å². The van der Waals surface area contributed by atoms with Gasteiger partial charge in [-0.3, -0.25) is 4.98 Å². The van der Waals surface area contributed by atoms with Crippen molar-refractivity contribution in [1.82, 2.24) is 25.1 Å². The first-order chi connectivity index (χ1) is 12.4. The average Bonchev–Trinajstić information content (AvgIpc) is 3.14. The normalized spacial score (nSPS) is 16.4. The fraction of sp³-hybridized carbons (Fsp3) is 0.316.